The fourth-order valence-corrected chi connectivity index (χ4v) is 2.96. The number of rotatable bonds is 6. The standard InChI is InChI=1S/C21H25N5O2/c1-15-20(21(28)26(25(15)4)18-8-6-5-7-9-18)23-19(27)14-22-16-10-12-17(13-11-16)24(2)3/h5-13,22H,14H2,1-4H3,(H,23,27). The van der Waals surface area contributed by atoms with Gasteiger partial charge in [-0.2, -0.15) is 0 Å². The number of carbonyl (C=O) groups excluding carboxylic acids is 1. The van der Waals surface area contributed by atoms with Gasteiger partial charge in [-0.25, -0.2) is 4.68 Å². The van der Waals surface area contributed by atoms with Crippen LogP contribution < -0.4 is 21.1 Å². The van der Waals surface area contributed by atoms with Crippen LogP contribution in [0.5, 0.6) is 0 Å². The van der Waals surface area contributed by atoms with Gasteiger partial charge in [-0.3, -0.25) is 14.3 Å². The molecule has 0 unspecified atom stereocenters. The quantitative estimate of drug-likeness (QED) is 0.691. The zero-order valence-corrected chi connectivity index (χ0v) is 16.6. The molecule has 0 saturated heterocycles. The minimum atomic E-state index is -0.275. The molecule has 2 N–H and O–H groups in total. The summed E-state index contributed by atoms with van der Waals surface area (Å²) in [5.41, 5.74) is 3.40. The molecule has 7 heteroatoms. The van der Waals surface area contributed by atoms with Crippen LogP contribution in [-0.4, -0.2) is 35.9 Å². The van der Waals surface area contributed by atoms with E-state index in [4.69, 9.17) is 0 Å². The van der Waals surface area contributed by atoms with E-state index < -0.39 is 0 Å². The average molecular weight is 379 g/mol. The molecule has 3 aromatic rings. The smallest absolute Gasteiger partial charge is 0.295 e. The Hall–Kier alpha value is -3.48. The van der Waals surface area contributed by atoms with E-state index in [0.29, 0.717) is 11.4 Å². The van der Waals surface area contributed by atoms with Crippen LogP contribution in [0.25, 0.3) is 5.69 Å². The Kier molecular flexibility index (Phi) is 5.54. The van der Waals surface area contributed by atoms with E-state index in [-0.39, 0.29) is 18.0 Å². The number of nitrogens with one attached hydrogen (secondary N) is 2. The van der Waals surface area contributed by atoms with Crippen molar-refractivity contribution in [3.8, 4) is 5.69 Å². The van der Waals surface area contributed by atoms with E-state index in [2.05, 4.69) is 10.6 Å². The molecule has 1 amide bonds. The van der Waals surface area contributed by atoms with Crippen molar-refractivity contribution < 1.29 is 4.79 Å². The maximum Gasteiger partial charge on any atom is 0.295 e. The van der Waals surface area contributed by atoms with Crippen molar-refractivity contribution in [2.45, 2.75) is 6.92 Å². The van der Waals surface area contributed by atoms with Gasteiger partial charge in [-0.15, -0.1) is 0 Å². The van der Waals surface area contributed by atoms with Crippen LogP contribution in [-0.2, 0) is 11.8 Å². The van der Waals surface area contributed by atoms with Crippen molar-refractivity contribution in [2.75, 3.05) is 36.2 Å². The second-order valence-corrected chi connectivity index (χ2v) is 6.78. The molecular weight excluding hydrogens is 354 g/mol. The lowest BCUT2D eigenvalue weighted by Crippen LogP contribution is -2.26. The molecule has 146 valence electrons. The summed E-state index contributed by atoms with van der Waals surface area (Å²) in [5, 5.41) is 5.82. The van der Waals surface area contributed by atoms with Gasteiger partial charge >= 0.3 is 0 Å². The number of nitrogens with zero attached hydrogens (tertiary/aromatic N) is 3. The van der Waals surface area contributed by atoms with Crippen LogP contribution in [0.3, 0.4) is 0 Å². The summed E-state index contributed by atoms with van der Waals surface area (Å²) in [7, 11) is 5.74. The highest BCUT2D eigenvalue weighted by Crippen LogP contribution is 2.16. The summed E-state index contributed by atoms with van der Waals surface area (Å²) >= 11 is 0. The molecule has 0 radical (unpaired) electrons. The van der Waals surface area contributed by atoms with Crippen LogP contribution in [0.1, 0.15) is 5.69 Å². The van der Waals surface area contributed by atoms with E-state index in [1.54, 1.807) is 16.4 Å². The van der Waals surface area contributed by atoms with Crippen LogP contribution in [0.15, 0.2) is 59.4 Å². The molecular formula is C21H25N5O2. The molecule has 0 bridgehead atoms. The molecule has 1 heterocycles. The van der Waals surface area contributed by atoms with Crippen molar-refractivity contribution in [2.24, 2.45) is 7.05 Å². The van der Waals surface area contributed by atoms with Crippen molar-refractivity contribution in [3.05, 3.63) is 70.6 Å². The largest absolute Gasteiger partial charge is 0.378 e. The highest BCUT2D eigenvalue weighted by molar-refractivity contribution is 5.94. The number of aromatic nitrogens is 2. The van der Waals surface area contributed by atoms with Gasteiger partial charge in [0.15, 0.2) is 0 Å². The maximum absolute atomic E-state index is 12.8. The third-order valence-electron chi connectivity index (χ3n) is 4.66. The van der Waals surface area contributed by atoms with Gasteiger partial charge in [0.05, 0.1) is 17.9 Å². The van der Waals surface area contributed by atoms with Crippen molar-refractivity contribution in [1.29, 1.82) is 0 Å². The van der Waals surface area contributed by atoms with Crippen molar-refractivity contribution >= 4 is 23.0 Å². The summed E-state index contributed by atoms with van der Waals surface area (Å²) in [6.45, 7) is 1.88. The molecule has 1 aromatic heterocycles. The van der Waals surface area contributed by atoms with E-state index in [1.807, 2.05) is 80.5 Å². The number of hydrogen-bond donors (Lipinski definition) is 2. The SMILES string of the molecule is Cc1c(NC(=O)CNc2ccc(N(C)C)cc2)c(=O)n(-c2ccccc2)n1C. The molecule has 28 heavy (non-hydrogen) atoms. The maximum atomic E-state index is 12.8. The minimum absolute atomic E-state index is 0.0699. The van der Waals surface area contributed by atoms with Gasteiger partial charge in [0.1, 0.15) is 5.69 Å². The fourth-order valence-electron chi connectivity index (χ4n) is 2.96. The number of amides is 1. The van der Waals surface area contributed by atoms with Gasteiger partial charge < -0.3 is 15.5 Å². The Morgan fingerprint density at radius 2 is 1.68 bits per heavy atom. The van der Waals surface area contributed by atoms with Gasteiger partial charge in [0.2, 0.25) is 5.91 Å². The lowest BCUT2D eigenvalue weighted by atomic mass is 10.2. The Morgan fingerprint density at radius 1 is 1.04 bits per heavy atom. The lowest BCUT2D eigenvalue weighted by molar-refractivity contribution is -0.114. The molecule has 0 aliphatic carbocycles. The molecule has 7 nitrogen and oxygen atoms in total. The summed E-state index contributed by atoms with van der Waals surface area (Å²) in [6, 6.07) is 17.1. The summed E-state index contributed by atoms with van der Waals surface area (Å²) in [5.74, 6) is -0.275. The second-order valence-electron chi connectivity index (χ2n) is 6.78. The van der Waals surface area contributed by atoms with E-state index in [9.17, 15) is 9.59 Å². The van der Waals surface area contributed by atoms with Crippen LogP contribution in [0, 0.1) is 6.92 Å². The number of benzene rings is 2. The zero-order valence-electron chi connectivity index (χ0n) is 16.6. The van der Waals surface area contributed by atoms with Crippen LogP contribution in [0.2, 0.25) is 0 Å². The molecule has 0 atom stereocenters. The first-order chi connectivity index (χ1) is 13.4. The number of anilines is 3. The average Bonchev–Trinajstić information content (AvgIpc) is 2.90. The number of para-hydroxylation sites is 1. The van der Waals surface area contributed by atoms with Crippen molar-refractivity contribution in [1.82, 2.24) is 9.36 Å². The molecule has 3 rings (SSSR count). The van der Waals surface area contributed by atoms with Crippen LogP contribution in [0.4, 0.5) is 17.1 Å². The Balaban J connectivity index is 1.71. The topological polar surface area (TPSA) is 71.3 Å². The molecule has 2 aromatic carbocycles. The van der Waals surface area contributed by atoms with E-state index in [0.717, 1.165) is 17.1 Å². The summed E-state index contributed by atoms with van der Waals surface area (Å²) in [6.07, 6.45) is 0. The zero-order chi connectivity index (χ0) is 20.3. The molecule has 0 fully saturated rings. The molecule has 0 aliphatic heterocycles. The van der Waals surface area contributed by atoms with Gasteiger partial charge in [-0.1, -0.05) is 18.2 Å². The predicted octanol–water partition coefficient (Wildman–Crippen LogP) is 2.60. The first-order valence-electron chi connectivity index (χ1n) is 9.03. The third kappa shape index (κ3) is 3.93. The Bertz CT molecular complexity index is 1020. The molecule has 0 spiro atoms. The van der Waals surface area contributed by atoms with Gasteiger partial charge in [0, 0.05) is 32.5 Å². The van der Waals surface area contributed by atoms with E-state index in [1.165, 1.54) is 0 Å². The predicted molar refractivity (Wildman–Crippen MR) is 114 cm³/mol. The number of carbonyl (C=O) groups is 1. The Morgan fingerprint density at radius 3 is 2.29 bits per heavy atom. The normalized spacial score (nSPS) is 10.6. The van der Waals surface area contributed by atoms with Crippen LogP contribution >= 0.6 is 0 Å². The van der Waals surface area contributed by atoms with E-state index >= 15 is 0 Å². The minimum Gasteiger partial charge on any atom is -0.378 e. The van der Waals surface area contributed by atoms with Gasteiger partial charge in [0.25, 0.3) is 5.56 Å². The molecule has 0 saturated carbocycles. The highest BCUT2D eigenvalue weighted by atomic mass is 16.2. The molecule has 0 aliphatic rings. The second kappa shape index (κ2) is 8.04. The third-order valence-corrected chi connectivity index (χ3v) is 4.66. The fraction of sp³-hybridized carbons (Fsp3) is 0.238. The van der Waals surface area contributed by atoms with Crippen molar-refractivity contribution in [3.63, 3.8) is 0 Å². The summed E-state index contributed by atoms with van der Waals surface area (Å²) in [4.78, 5) is 27.2. The first kappa shape index (κ1) is 19.3. The first-order valence-corrected chi connectivity index (χ1v) is 9.03. The highest BCUT2D eigenvalue weighted by Gasteiger charge is 2.17. The Labute approximate surface area is 164 Å². The lowest BCUT2D eigenvalue weighted by Gasteiger charge is -2.13. The number of hydrogen-bond acceptors (Lipinski definition) is 4. The van der Waals surface area contributed by atoms with Gasteiger partial charge in [-0.05, 0) is 43.3 Å². The monoisotopic (exact) mass is 379 g/mol. The summed E-state index contributed by atoms with van der Waals surface area (Å²) < 4.78 is 3.28.